The number of rotatable bonds is 5. The van der Waals surface area contributed by atoms with Gasteiger partial charge in [0.15, 0.2) is 0 Å². The van der Waals surface area contributed by atoms with Crippen LogP contribution in [0.4, 0.5) is 5.69 Å². The van der Waals surface area contributed by atoms with Crippen molar-refractivity contribution in [2.45, 2.75) is 6.92 Å². The molecule has 26 heavy (non-hydrogen) atoms. The highest BCUT2D eigenvalue weighted by atomic mass is 35.5. The maximum Gasteiger partial charge on any atom is 0.265 e. The predicted molar refractivity (Wildman–Crippen MR) is 101 cm³/mol. The Morgan fingerprint density at radius 2 is 1.96 bits per heavy atom. The summed E-state index contributed by atoms with van der Waals surface area (Å²) in [6.45, 7) is 1.89. The molecule has 2 heterocycles. The average molecular weight is 388 g/mol. The summed E-state index contributed by atoms with van der Waals surface area (Å²) in [5, 5.41) is 4.88. The smallest absolute Gasteiger partial charge is 0.265 e. The van der Waals surface area contributed by atoms with Crippen molar-refractivity contribution in [1.82, 2.24) is 4.98 Å². The number of hydrogen-bond donors (Lipinski definition) is 2. The highest BCUT2D eigenvalue weighted by Crippen LogP contribution is 2.28. The molecule has 0 aliphatic carbocycles. The zero-order chi connectivity index (χ0) is 18.7. The molecule has 0 radical (unpaired) electrons. The minimum atomic E-state index is -0.618. The highest BCUT2D eigenvalue weighted by molar-refractivity contribution is 7.12. The van der Waals surface area contributed by atoms with Crippen molar-refractivity contribution in [3.05, 3.63) is 69.0 Å². The van der Waals surface area contributed by atoms with E-state index in [0.717, 1.165) is 5.56 Å². The number of carbonyl (C=O) groups excluding carboxylic acids is 2. The van der Waals surface area contributed by atoms with E-state index in [4.69, 9.17) is 22.1 Å². The van der Waals surface area contributed by atoms with Gasteiger partial charge in [-0.2, -0.15) is 0 Å². The predicted octanol–water partition coefficient (Wildman–Crippen LogP) is 4.25. The number of benzene rings is 1. The number of thiophene rings is 1. The lowest BCUT2D eigenvalue weighted by atomic mass is 10.2. The Hall–Kier alpha value is -2.90. The highest BCUT2D eigenvalue weighted by Gasteiger charge is 2.12. The molecule has 2 amide bonds. The summed E-state index contributed by atoms with van der Waals surface area (Å²) in [6, 6.07) is 10.1. The van der Waals surface area contributed by atoms with Crippen molar-refractivity contribution < 1.29 is 14.3 Å². The SMILES string of the molecule is Cc1ccsc1C(=O)Nc1ccc(Oc2ncc(C(N)=O)cc2Cl)cc1. The van der Waals surface area contributed by atoms with Gasteiger partial charge in [-0.15, -0.1) is 11.3 Å². The van der Waals surface area contributed by atoms with Gasteiger partial charge in [0.2, 0.25) is 11.8 Å². The number of ether oxygens (including phenoxy) is 1. The zero-order valence-electron chi connectivity index (χ0n) is 13.7. The fourth-order valence-electron chi connectivity index (χ4n) is 2.15. The molecule has 0 saturated heterocycles. The molecule has 0 fully saturated rings. The normalized spacial score (nSPS) is 10.4. The number of nitrogens with zero attached hydrogens (tertiary/aromatic N) is 1. The Balaban J connectivity index is 1.69. The van der Waals surface area contributed by atoms with Gasteiger partial charge >= 0.3 is 0 Å². The van der Waals surface area contributed by atoms with Crippen LogP contribution in [0.3, 0.4) is 0 Å². The van der Waals surface area contributed by atoms with E-state index in [2.05, 4.69) is 10.3 Å². The average Bonchev–Trinajstić information content (AvgIpc) is 3.04. The van der Waals surface area contributed by atoms with Gasteiger partial charge in [-0.3, -0.25) is 9.59 Å². The number of aromatic nitrogens is 1. The van der Waals surface area contributed by atoms with Crippen molar-refractivity contribution in [2.24, 2.45) is 5.73 Å². The number of nitrogens with two attached hydrogens (primary N) is 1. The first kappa shape index (κ1) is 17.9. The van der Waals surface area contributed by atoms with Crippen molar-refractivity contribution in [3.63, 3.8) is 0 Å². The summed E-state index contributed by atoms with van der Waals surface area (Å²) < 4.78 is 5.59. The second-order valence-electron chi connectivity index (χ2n) is 5.39. The van der Waals surface area contributed by atoms with Crippen LogP contribution in [0.1, 0.15) is 25.6 Å². The number of pyridine rings is 1. The third-order valence-electron chi connectivity index (χ3n) is 3.49. The first-order valence-electron chi connectivity index (χ1n) is 7.53. The Labute approximate surface area is 158 Å². The third-order valence-corrected chi connectivity index (χ3v) is 4.77. The molecule has 3 N–H and O–H groups in total. The summed E-state index contributed by atoms with van der Waals surface area (Å²) in [7, 11) is 0. The number of primary amides is 1. The number of aryl methyl sites for hydroxylation is 1. The van der Waals surface area contributed by atoms with E-state index in [1.807, 2.05) is 18.4 Å². The van der Waals surface area contributed by atoms with E-state index in [-0.39, 0.29) is 22.4 Å². The molecule has 3 aromatic rings. The largest absolute Gasteiger partial charge is 0.438 e. The van der Waals surface area contributed by atoms with Gasteiger partial charge in [-0.1, -0.05) is 11.6 Å². The van der Waals surface area contributed by atoms with E-state index < -0.39 is 5.91 Å². The molecule has 1 aromatic carbocycles. The molecule has 0 unspecified atom stereocenters. The van der Waals surface area contributed by atoms with Crippen LogP contribution in [-0.2, 0) is 0 Å². The second kappa shape index (κ2) is 7.55. The lowest BCUT2D eigenvalue weighted by Crippen LogP contribution is -2.11. The van der Waals surface area contributed by atoms with Crippen LogP contribution < -0.4 is 15.8 Å². The first-order chi connectivity index (χ1) is 12.4. The summed E-state index contributed by atoms with van der Waals surface area (Å²) in [5.41, 5.74) is 6.95. The van der Waals surface area contributed by atoms with Crippen LogP contribution in [0, 0.1) is 6.92 Å². The molecule has 0 atom stereocenters. The van der Waals surface area contributed by atoms with E-state index in [0.29, 0.717) is 16.3 Å². The van der Waals surface area contributed by atoms with Gasteiger partial charge in [0, 0.05) is 11.9 Å². The van der Waals surface area contributed by atoms with Gasteiger partial charge in [0.1, 0.15) is 10.8 Å². The molecule has 132 valence electrons. The van der Waals surface area contributed by atoms with Gasteiger partial charge in [0.25, 0.3) is 5.91 Å². The minimum Gasteiger partial charge on any atom is -0.438 e. The molecule has 0 aliphatic rings. The summed E-state index contributed by atoms with van der Waals surface area (Å²) in [5.74, 6) is -0.135. The topological polar surface area (TPSA) is 94.3 Å². The Morgan fingerprint density at radius 1 is 1.23 bits per heavy atom. The Bertz CT molecular complexity index is 970. The number of nitrogens with one attached hydrogen (secondary N) is 1. The molecule has 2 aromatic heterocycles. The Morgan fingerprint density at radius 3 is 2.54 bits per heavy atom. The van der Waals surface area contributed by atoms with E-state index in [9.17, 15) is 9.59 Å². The maximum atomic E-state index is 12.2. The number of carbonyl (C=O) groups is 2. The van der Waals surface area contributed by atoms with E-state index in [1.54, 1.807) is 24.3 Å². The van der Waals surface area contributed by atoms with Crippen LogP contribution in [0.2, 0.25) is 5.02 Å². The maximum absolute atomic E-state index is 12.2. The molecular weight excluding hydrogens is 374 g/mol. The van der Waals surface area contributed by atoms with Gasteiger partial charge in [0.05, 0.1) is 10.4 Å². The van der Waals surface area contributed by atoms with Gasteiger partial charge in [-0.25, -0.2) is 4.98 Å². The van der Waals surface area contributed by atoms with Gasteiger partial charge in [-0.05, 0) is 54.3 Å². The number of anilines is 1. The number of halogens is 1. The molecule has 3 rings (SSSR count). The van der Waals surface area contributed by atoms with Crippen molar-refractivity contribution in [3.8, 4) is 11.6 Å². The zero-order valence-corrected chi connectivity index (χ0v) is 15.2. The molecule has 0 bridgehead atoms. The fraction of sp³-hybridized carbons (Fsp3) is 0.0556. The first-order valence-corrected chi connectivity index (χ1v) is 8.78. The van der Waals surface area contributed by atoms with Crippen LogP contribution in [0.5, 0.6) is 11.6 Å². The van der Waals surface area contributed by atoms with E-state index >= 15 is 0 Å². The summed E-state index contributed by atoms with van der Waals surface area (Å²) in [4.78, 5) is 28.0. The van der Waals surface area contributed by atoms with Crippen molar-refractivity contribution in [1.29, 1.82) is 0 Å². The molecular formula is C18H14ClN3O3S. The summed E-state index contributed by atoms with van der Waals surface area (Å²) in [6.07, 6.45) is 1.29. The molecule has 6 nitrogen and oxygen atoms in total. The van der Waals surface area contributed by atoms with Crippen LogP contribution in [-0.4, -0.2) is 16.8 Å². The van der Waals surface area contributed by atoms with Crippen molar-refractivity contribution >= 4 is 40.4 Å². The standard InChI is InChI=1S/C18H14ClN3O3S/c1-10-6-7-26-15(10)17(24)22-12-2-4-13(5-3-12)25-18-14(19)8-11(9-21-18)16(20)23/h2-9H,1H3,(H2,20,23)(H,22,24). The van der Waals surface area contributed by atoms with Crippen LogP contribution in [0.15, 0.2) is 48.0 Å². The molecule has 0 spiro atoms. The molecule has 0 aliphatic heterocycles. The molecule has 8 heteroatoms. The quantitative estimate of drug-likeness (QED) is 0.684. The second-order valence-corrected chi connectivity index (χ2v) is 6.71. The number of amides is 2. The van der Waals surface area contributed by atoms with E-state index in [1.165, 1.54) is 23.6 Å². The lowest BCUT2D eigenvalue weighted by Gasteiger charge is -2.09. The third kappa shape index (κ3) is 4.01. The van der Waals surface area contributed by atoms with Crippen LogP contribution in [0.25, 0.3) is 0 Å². The lowest BCUT2D eigenvalue weighted by molar-refractivity contribution is 0.0997. The monoisotopic (exact) mass is 387 g/mol. The molecule has 0 saturated carbocycles. The Kier molecular flexibility index (Phi) is 5.20. The van der Waals surface area contributed by atoms with Crippen LogP contribution >= 0.6 is 22.9 Å². The van der Waals surface area contributed by atoms with Gasteiger partial charge < -0.3 is 15.8 Å². The number of hydrogen-bond acceptors (Lipinski definition) is 5. The summed E-state index contributed by atoms with van der Waals surface area (Å²) >= 11 is 7.44. The van der Waals surface area contributed by atoms with Crippen molar-refractivity contribution in [2.75, 3.05) is 5.32 Å². The minimum absolute atomic E-state index is 0.155. The fourth-order valence-corrected chi connectivity index (χ4v) is 3.17.